The van der Waals surface area contributed by atoms with E-state index in [9.17, 15) is 23.1 Å². The number of phenols is 1. The van der Waals surface area contributed by atoms with E-state index in [1.807, 2.05) is 0 Å². The molecule has 0 spiro atoms. The Kier molecular flexibility index (Phi) is 5.99. The number of phenolic OH excluding ortho intramolecular Hbond substituents is 1. The molecule has 0 bridgehead atoms. The third-order valence-corrected chi connectivity index (χ3v) is 6.04. The van der Waals surface area contributed by atoms with E-state index in [4.69, 9.17) is 0 Å². The van der Waals surface area contributed by atoms with Crippen LogP contribution in [0.3, 0.4) is 0 Å². The van der Waals surface area contributed by atoms with Crippen LogP contribution in [0.15, 0.2) is 47.4 Å². The fraction of sp³-hybridized carbons (Fsp3) is 0.222. The highest BCUT2D eigenvalue weighted by atomic mass is 32.2. The summed E-state index contributed by atoms with van der Waals surface area (Å²) in [6.07, 6.45) is 0.508. The normalized spacial score (nSPS) is 12.2. The third kappa shape index (κ3) is 4.20. The highest BCUT2D eigenvalue weighted by molar-refractivity contribution is 7.92. The molecular formula is C18H20N2O5S. The highest BCUT2D eigenvalue weighted by Gasteiger charge is 2.32. The quantitative estimate of drug-likeness (QED) is 0.507. The molecule has 3 N–H and O–H groups in total. The molecule has 138 valence electrons. The van der Waals surface area contributed by atoms with Crippen molar-refractivity contribution in [2.45, 2.75) is 30.4 Å². The molecule has 8 heteroatoms. The molecule has 0 saturated heterocycles. The zero-order valence-corrected chi connectivity index (χ0v) is 15.2. The Morgan fingerprint density at radius 2 is 1.96 bits per heavy atom. The van der Waals surface area contributed by atoms with Crippen molar-refractivity contribution >= 4 is 33.5 Å². The number of sulfone groups is 1. The van der Waals surface area contributed by atoms with Gasteiger partial charge in [-0.2, -0.15) is 0 Å². The van der Waals surface area contributed by atoms with Gasteiger partial charge in [-0.3, -0.25) is 9.59 Å². The van der Waals surface area contributed by atoms with Gasteiger partial charge in [-0.05, 0) is 43.2 Å². The van der Waals surface area contributed by atoms with Gasteiger partial charge in [0.2, 0.25) is 12.3 Å². The first-order valence-corrected chi connectivity index (χ1v) is 9.49. The van der Waals surface area contributed by atoms with Gasteiger partial charge in [0.05, 0.1) is 10.6 Å². The number of anilines is 2. The van der Waals surface area contributed by atoms with Crippen LogP contribution in [-0.2, 0) is 19.4 Å². The molecule has 0 aliphatic heterocycles. The maximum absolute atomic E-state index is 12.8. The van der Waals surface area contributed by atoms with Crippen molar-refractivity contribution in [1.82, 2.24) is 0 Å². The summed E-state index contributed by atoms with van der Waals surface area (Å²) in [5, 5.41) is 13.3. The lowest BCUT2D eigenvalue weighted by atomic mass is 10.2. The first kappa shape index (κ1) is 19.5. The number of hydrogen-bond acceptors (Lipinski definition) is 5. The largest absolute Gasteiger partial charge is 0.506 e. The first-order valence-electron chi connectivity index (χ1n) is 7.94. The van der Waals surface area contributed by atoms with Crippen LogP contribution in [0.25, 0.3) is 0 Å². The fourth-order valence-electron chi connectivity index (χ4n) is 2.52. The molecule has 0 aliphatic carbocycles. The van der Waals surface area contributed by atoms with E-state index >= 15 is 0 Å². The molecule has 2 rings (SSSR count). The van der Waals surface area contributed by atoms with Gasteiger partial charge < -0.3 is 15.7 Å². The van der Waals surface area contributed by atoms with E-state index in [0.717, 1.165) is 5.56 Å². The Bertz CT molecular complexity index is 925. The van der Waals surface area contributed by atoms with Crippen LogP contribution in [0.2, 0.25) is 0 Å². The van der Waals surface area contributed by atoms with Gasteiger partial charge in [0, 0.05) is 11.8 Å². The number of nitrogens with one attached hydrogen (secondary N) is 2. The van der Waals surface area contributed by atoms with Crippen LogP contribution in [-0.4, -0.2) is 31.1 Å². The number of aryl methyl sites for hydroxylation is 1. The molecule has 2 amide bonds. The molecular weight excluding hydrogens is 356 g/mol. The highest BCUT2D eigenvalue weighted by Crippen LogP contribution is 2.27. The predicted molar refractivity (Wildman–Crippen MR) is 98.9 cm³/mol. The summed E-state index contributed by atoms with van der Waals surface area (Å²) in [5.74, 6) is -0.936. The van der Waals surface area contributed by atoms with Gasteiger partial charge in [-0.1, -0.05) is 19.1 Å². The molecule has 0 aromatic heterocycles. The lowest BCUT2D eigenvalue weighted by Crippen LogP contribution is -2.34. The summed E-state index contributed by atoms with van der Waals surface area (Å²) in [6, 6.07) is 10.5. The van der Waals surface area contributed by atoms with Gasteiger partial charge in [-0.25, -0.2) is 8.42 Å². The van der Waals surface area contributed by atoms with Crippen molar-refractivity contribution in [1.29, 1.82) is 0 Å². The van der Waals surface area contributed by atoms with Crippen LogP contribution >= 0.6 is 0 Å². The molecule has 0 fully saturated rings. The van der Waals surface area contributed by atoms with Crippen LogP contribution < -0.4 is 10.6 Å². The van der Waals surface area contributed by atoms with Crippen molar-refractivity contribution in [2.75, 3.05) is 10.6 Å². The topological polar surface area (TPSA) is 113 Å². The number of amides is 2. The Balaban J connectivity index is 2.26. The number of benzene rings is 2. The fourth-order valence-corrected chi connectivity index (χ4v) is 4.25. The minimum absolute atomic E-state index is 0.0906. The zero-order valence-electron chi connectivity index (χ0n) is 14.4. The average molecular weight is 376 g/mol. The summed E-state index contributed by atoms with van der Waals surface area (Å²) in [6.45, 7) is 3.39. The Labute approximate surface area is 152 Å². The van der Waals surface area contributed by atoms with Gasteiger partial charge >= 0.3 is 0 Å². The molecule has 26 heavy (non-hydrogen) atoms. The van der Waals surface area contributed by atoms with E-state index in [1.165, 1.54) is 30.3 Å². The van der Waals surface area contributed by atoms with Crippen LogP contribution in [0.1, 0.15) is 18.9 Å². The molecule has 2 aromatic rings. The van der Waals surface area contributed by atoms with E-state index in [0.29, 0.717) is 6.41 Å². The van der Waals surface area contributed by atoms with Crippen molar-refractivity contribution < 1.29 is 23.1 Å². The smallest absolute Gasteiger partial charge is 0.243 e. The second-order valence-electron chi connectivity index (χ2n) is 5.74. The van der Waals surface area contributed by atoms with Crippen molar-refractivity contribution in [3.05, 3.63) is 48.0 Å². The molecule has 0 saturated carbocycles. The summed E-state index contributed by atoms with van der Waals surface area (Å²) < 4.78 is 25.6. The third-order valence-electron chi connectivity index (χ3n) is 3.84. The average Bonchev–Trinajstić information content (AvgIpc) is 2.58. The second kappa shape index (κ2) is 8.01. The van der Waals surface area contributed by atoms with Gasteiger partial charge in [0.15, 0.2) is 9.84 Å². The predicted octanol–water partition coefficient (Wildman–Crippen LogP) is 2.46. The van der Waals surface area contributed by atoms with Crippen molar-refractivity contribution in [2.24, 2.45) is 0 Å². The SMILES string of the molecule is CCC(C(=O)Nc1ccc(NC=O)c(O)c1)S(=O)(=O)c1cccc(C)c1. The molecule has 1 unspecified atom stereocenters. The van der Waals surface area contributed by atoms with Crippen LogP contribution in [0, 0.1) is 6.92 Å². The zero-order chi connectivity index (χ0) is 19.3. The molecule has 0 aliphatic rings. The summed E-state index contributed by atoms with van der Waals surface area (Å²) >= 11 is 0. The minimum atomic E-state index is -3.85. The number of rotatable bonds is 7. The summed E-state index contributed by atoms with van der Waals surface area (Å²) in [4.78, 5) is 23.0. The van der Waals surface area contributed by atoms with Gasteiger partial charge in [0.1, 0.15) is 11.0 Å². The Hall–Kier alpha value is -2.87. The van der Waals surface area contributed by atoms with Crippen molar-refractivity contribution in [3.63, 3.8) is 0 Å². The van der Waals surface area contributed by atoms with Crippen LogP contribution in [0.4, 0.5) is 11.4 Å². The van der Waals surface area contributed by atoms with E-state index in [1.54, 1.807) is 26.0 Å². The standard InChI is InChI=1S/C18H20N2O5S/c1-3-17(26(24,25)14-6-4-5-12(2)9-14)18(23)20-13-7-8-15(19-11-21)16(22)10-13/h4-11,17,22H,3H2,1-2H3,(H,19,21)(H,20,23). The monoisotopic (exact) mass is 376 g/mol. The molecule has 7 nitrogen and oxygen atoms in total. The first-order chi connectivity index (χ1) is 12.3. The summed E-state index contributed by atoms with van der Waals surface area (Å²) in [7, 11) is -3.85. The summed E-state index contributed by atoms with van der Waals surface area (Å²) in [5.41, 5.74) is 1.18. The maximum atomic E-state index is 12.8. The molecule has 0 heterocycles. The van der Waals surface area contributed by atoms with Crippen molar-refractivity contribution in [3.8, 4) is 5.75 Å². The van der Waals surface area contributed by atoms with Crippen LogP contribution in [0.5, 0.6) is 5.75 Å². The van der Waals surface area contributed by atoms with E-state index in [2.05, 4.69) is 10.6 Å². The van der Waals surface area contributed by atoms with E-state index < -0.39 is 21.0 Å². The molecule has 0 radical (unpaired) electrons. The van der Waals surface area contributed by atoms with Gasteiger partial charge in [-0.15, -0.1) is 0 Å². The number of hydrogen-bond donors (Lipinski definition) is 3. The lowest BCUT2D eigenvalue weighted by Gasteiger charge is -2.17. The number of aromatic hydroxyl groups is 1. The van der Waals surface area contributed by atoms with Gasteiger partial charge in [0.25, 0.3) is 0 Å². The Morgan fingerprint density at radius 3 is 2.54 bits per heavy atom. The minimum Gasteiger partial charge on any atom is -0.506 e. The Morgan fingerprint density at radius 1 is 1.23 bits per heavy atom. The number of carbonyl (C=O) groups excluding carboxylic acids is 2. The lowest BCUT2D eigenvalue weighted by molar-refractivity contribution is -0.115. The van der Waals surface area contributed by atoms with E-state index in [-0.39, 0.29) is 28.4 Å². The second-order valence-corrected chi connectivity index (χ2v) is 7.87. The number of carbonyl (C=O) groups is 2. The molecule has 1 atom stereocenters. The maximum Gasteiger partial charge on any atom is 0.243 e. The molecule has 2 aromatic carbocycles.